The van der Waals surface area contributed by atoms with Crippen LogP contribution >= 0.6 is 0 Å². The monoisotopic (exact) mass is 252 g/mol. The number of carbonyl (C=O) groups excluding carboxylic acids is 1. The maximum atomic E-state index is 11.6. The van der Waals surface area contributed by atoms with Crippen molar-refractivity contribution in [1.29, 1.82) is 0 Å². The average molecular weight is 252 g/mol. The Kier molecular flexibility index (Phi) is 3.39. The van der Waals surface area contributed by atoms with Gasteiger partial charge in [-0.15, -0.1) is 0 Å². The van der Waals surface area contributed by atoms with Crippen molar-refractivity contribution >= 4 is 5.97 Å². The minimum Gasteiger partial charge on any atom is -0.463 e. The van der Waals surface area contributed by atoms with Crippen LogP contribution in [0.3, 0.4) is 0 Å². The molecule has 0 amide bonds. The number of hydrogen-bond donors (Lipinski definition) is 0. The van der Waals surface area contributed by atoms with E-state index in [-0.39, 0.29) is 12.3 Å². The van der Waals surface area contributed by atoms with E-state index >= 15 is 0 Å². The predicted octanol–water partition coefficient (Wildman–Crippen LogP) is 1.89. The Hall–Kier alpha value is -0.870. The first-order valence-corrected chi connectivity index (χ1v) is 6.86. The van der Waals surface area contributed by atoms with Crippen LogP contribution < -0.4 is 0 Å². The summed E-state index contributed by atoms with van der Waals surface area (Å²) in [4.78, 5) is 11.6. The predicted molar refractivity (Wildman–Crippen MR) is 64.7 cm³/mol. The van der Waals surface area contributed by atoms with Gasteiger partial charge < -0.3 is 14.2 Å². The molecule has 4 atom stereocenters. The van der Waals surface area contributed by atoms with Crippen LogP contribution in [0.15, 0.2) is 11.6 Å². The fraction of sp³-hybridized carbons (Fsp3) is 0.786. The van der Waals surface area contributed by atoms with Crippen molar-refractivity contribution in [3.05, 3.63) is 11.6 Å². The summed E-state index contributed by atoms with van der Waals surface area (Å²) in [6, 6.07) is 0. The third kappa shape index (κ3) is 2.31. The lowest BCUT2D eigenvalue weighted by atomic mass is 9.70. The highest BCUT2D eigenvalue weighted by molar-refractivity contribution is 5.82. The van der Waals surface area contributed by atoms with Crippen LogP contribution in [-0.2, 0) is 19.0 Å². The largest absolute Gasteiger partial charge is 0.463 e. The van der Waals surface area contributed by atoms with Gasteiger partial charge in [0.1, 0.15) is 0 Å². The minimum absolute atomic E-state index is 0.0156. The molecule has 3 bridgehead atoms. The van der Waals surface area contributed by atoms with Gasteiger partial charge in [0.15, 0.2) is 6.29 Å². The summed E-state index contributed by atoms with van der Waals surface area (Å²) < 4.78 is 16.5. The van der Waals surface area contributed by atoms with Crippen LogP contribution in [0, 0.1) is 17.8 Å². The Labute approximate surface area is 107 Å². The van der Waals surface area contributed by atoms with E-state index in [0.717, 1.165) is 25.9 Å². The first-order chi connectivity index (χ1) is 8.76. The lowest BCUT2D eigenvalue weighted by Gasteiger charge is -2.38. The summed E-state index contributed by atoms with van der Waals surface area (Å²) in [6.45, 7) is 3.71. The zero-order valence-corrected chi connectivity index (χ0v) is 10.8. The molecule has 3 fully saturated rings. The second-order valence-corrected chi connectivity index (χ2v) is 5.46. The van der Waals surface area contributed by atoms with Gasteiger partial charge in [0.05, 0.1) is 19.8 Å². The molecule has 1 saturated carbocycles. The SMILES string of the molecule is CCOC(=O)/C=C1\C[C@@H]2CO[C@H]3CC2CC1CO3. The normalized spacial score (nSPS) is 40.6. The van der Waals surface area contributed by atoms with E-state index in [2.05, 4.69) is 0 Å². The van der Waals surface area contributed by atoms with Crippen molar-refractivity contribution < 1.29 is 19.0 Å². The maximum Gasteiger partial charge on any atom is 0.330 e. The third-order valence-electron chi connectivity index (χ3n) is 4.34. The highest BCUT2D eigenvalue weighted by Crippen LogP contribution is 2.45. The molecule has 3 aliphatic rings. The molecular weight excluding hydrogens is 232 g/mol. The van der Waals surface area contributed by atoms with Gasteiger partial charge in [-0.3, -0.25) is 0 Å². The van der Waals surface area contributed by atoms with Gasteiger partial charge in [0.25, 0.3) is 0 Å². The van der Waals surface area contributed by atoms with E-state index < -0.39 is 0 Å². The quantitative estimate of drug-likeness (QED) is 0.556. The molecule has 0 aromatic carbocycles. The molecule has 4 heteroatoms. The first kappa shape index (κ1) is 12.2. The van der Waals surface area contributed by atoms with E-state index in [1.165, 1.54) is 5.57 Å². The minimum atomic E-state index is -0.217. The topological polar surface area (TPSA) is 44.8 Å². The van der Waals surface area contributed by atoms with Crippen LogP contribution in [0.2, 0.25) is 0 Å². The lowest BCUT2D eigenvalue weighted by Crippen LogP contribution is -2.35. The van der Waals surface area contributed by atoms with Crippen LogP contribution in [0.1, 0.15) is 26.2 Å². The molecular formula is C14H20O4. The van der Waals surface area contributed by atoms with E-state index in [1.54, 1.807) is 6.08 Å². The standard InChI is InChI=1S/C14H20O4/c1-2-16-13(15)5-9-3-12-8-18-14-6-10(12)4-11(9)7-17-14/h5,10-12,14H,2-4,6-8H2,1H3/b9-5+/t10?,11?,12-,14+/m1/s1. The van der Waals surface area contributed by atoms with Crippen LogP contribution in [0.4, 0.5) is 0 Å². The third-order valence-corrected chi connectivity index (χ3v) is 4.34. The summed E-state index contributed by atoms with van der Waals surface area (Å²) in [5.74, 6) is 1.42. The van der Waals surface area contributed by atoms with Crippen molar-refractivity contribution in [3.8, 4) is 0 Å². The second kappa shape index (κ2) is 5.02. The average Bonchev–Trinajstić information content (AvgIpc) is 2.44. The first-order valence-electron chi connectivity index (χ1n) is 6.86. The number of hydrogen-bond acceptors (Lipinski definition) is 4. The van der Waals surface area contributed by atoms with Crippen molar-refractivity contribution in [1.82, 2.24) is 0 Å². The summed E-state index contributed by atoms with van der Waals surface area (Å²) in [7, 11) is 0. The lowest BCUT2D eigenvalue weighted by molar-refractivity contribution is -0.176. The van der Waals surface area contributed by atoms with E-state index in [4.69, 9.17) is 14.2 Å². The molecule has 0 aromatic heterocycles. The Bertz CT molecular complexity index is 363. The number of ether oxygens (including phenoxy) is 3. The van der Waals surface area contributed by atoms with E-state index in [9.17, 15) is 4.79 Å². The van der Waals surface area contributed by atoms with Crippen LogP contribution in [0.25, 0.3) is 0 Å². The molecule has 4 nitrogen and oxygen atoms in total. The van der Waals surface area contributed by atoms with Crippen LogP contribution in [-0.4, -0.2) is 32.1 Å². The molecule has 0 N–H and O–H groups in total. The Balaban J connectivity index is 1.78. The van der Waals surface area contributed by atoms with Crippen molar-refractivity contribution in [3.63, 3.8) is 0 Å². The van der Waals surface area contributed by atoms with E-state index in [1.807, 2.05) is 6.92 Å². The zero-order valence-electron chi connectivity index (χ0n) is 10.8. The zero-order chi connectivity index (χ0) is 12.5. The smallest absolute Gasteiger partial charge is 0.330 e. The Morgan fingerprint density at radius 2 is 2.17 bits per heavy atom. The summed E-state index contributed by atoms with van der Waals surface area (Å²) in [6.07, 6.45) is 4.79. The summed E-state index contributed by atoms with van der Waals surface area (Å²) in [5, 5.41) is 0. The number of rotatable bonds is 2. The fourth-order valence-electron chi connectivity index (χ4n) is 3.40. The molecule has 18 heavy (non-hydrogen) atoms. The molecule has 2 saturated heterocycles. The summed E-state index contributed by atoms with van der Waals surface area (Å²) >= 11 is 0. The van der Waals surface area contributed by atoms with Gasteiger partial charge in [-0.2, -0.15) is 0 Å². The Morgan fingerprint density at radius 3 is 3.00 bits per heavy atom. The number of fused-ring (bicyclic) bond motifs is 2. The van der Waals surface area contributed by atoms with Crippen molar-refractivity contribution in [2.24, 2.45) is 17.8 Å². The molecule has 2 heterocycles. The van der Waals surface area contributed by atoms with Crippen molar-refractivity contribution in [2.75, 3.05) is 19.8 Å². The molecule has 1 aliphatic carbocycles. The second-order valence-electron chi connectivity index (χ2n) is 5.46. The molecule has 2 aliphatic heterocycles. The van der Waals surface area contributed by atoms with Gasteiger partial charge in [0.2, 0.25) is 0 Å². The molecule has 0 radical (unpaired) electrons. The van der Waals surface area contributed by atoms with Gasteiger partial charge in [0, 0.05) is 18.4 Å². The highest BCUT2D eigenvalue weighted by Gasteiger charge is 2.41. The molecule has 2 unspecified atom stereocenters. The van der Waals surface area contributed by atoms with Crippen molar-refractivity contribution in [2.45, 2.75) is 32.5 Å². The van der Waals surface area contributed by atoms with Crippen LogP contribution in [0.5, 0.6) is 0 Å². The molecule has 100 valence electrons. The van der Waals surface area contributed by atoms with Gasteiger partial charge >= 0.3 is 5.97 Å². The van der Waals surface area contributed by atoms with Gasteiger partial charge in [-0.05, 0) is 31.6 Å². The summed E-state index contributed by atoms with van der Waals surface area (Å²) in [5.41, 5.74) is 1.20. The molecule has 3 rings (SSSR count). The Morgan fingerprint density at radius 1 is 1.33 bits per heavy atom. The molecule has 0 spiro atoms. The van der Waals surface area contributed by atoms with Gasteiger partial charge in [-0.1, -0.05) is 5.57 Å². The number of carbonyl (C=O) groups is 1. The van der Waals surface area contributed by atoms with E-state index in [0.29, 0.717) is 31.0 Å². The fourth-order valence-corrected chi connectivity index (χ4v) is 3.40. The number of esters is 1. The maximum absolute atomic E-state index is 11.6. The van der Waals surface area contributed by atoms with Gasteiger partial charge in [-0.25, -0.2) is 4.79 Å². The molecule has 0 aromatic rings. The highest BCUT2D eigenvalue weighted by atomic mass is 16.7.